The third-order valence-corrected chi connectivity index (χ3v) is 14.4. The van der Waals surface area contributed by atoms with E-state index in [1.165, 1.54) is 11.6 Å². The van der Waals surface area contributed by atoms with Gasteiger partial charge in [-0.05, 0) is 78.6 Å². The van der Waals surface area contributed by atoms with E-state index in [4.69, 9.17) is 10.1 Å². The van der Waals surface area contributed by atoms with Crippen LogP contribution < -0.4 is 10.9 Å². The smallest absolute Gasteiger partial charge is 0.274 e. The summed E-state index contributed by atoms with van der Waals surface area (Å²) >= 11 is 0. The molecular weight excluding hydrogens is 922 g/mol. The number of halogens is 1. The number of H-pyrrole nitrogens is 1. The van der Waals surface area contributed by atoms with Crippen LogP contribution in [0.1, 0.15) is 64.4 Å². The van der Waals surface area contributed by atoms with Crippen molar-refractivity contribution in [1.82, 2.24) is 49.5 Å². The molecule has 3 amide bonds. The van der Waals surface area contributed by atoms with E-state index < -0.39 is 11.7 Å². The summed E-state index contributed by atoms with van der Waals surface area (Å²) in [6, 6.07) is 23.9. The zero-order chi connectivity index (χ0) is 51.0. The Morgan fingerprint density at radius 1 is 0.795 bits per heavy atom. The van der Waals surface area contributed by atoms with E-state index in [2.05, 4.69) is 63.6 Å². The fourth-order valence-electron chi connectivity index (χ4n) is 10.1. The number of carbonyl (C=O) groups excluding carboxylic acids is 3. The summed E-state index contributed by atoms with van der Waals surface area (Å²) in [7, 11) is 0. The van der Waals surface area contributed by atoms with Crippen molar-refractivity contribution in [1.29, 1.82) is 0 Å². The van der Waals surface area contributed by atoms with Crippen LogP contribution in [-0.2, 0) is 24.2 Å². The molecule has 6 heterocycles. The number of piperidine rings is 1. The molecule has 3 aromatic heterocycles. The average Bonchev–Trinajstić information content (AvgIpc) is 3.86. The number of piperazine rings is 2. The van der Waals surface area contributed by atoms with Gasteiger partial charge >= 0.3 is 0 Å². The van der Waals surface area contributed by atoms with E-state index in [9.17, 15) is 19.2 Å². The van der Waals surface area contributed by atoms with Gasteiger partial charge in [0.2, 0.25) is 5.91 Å². The zero-order valence-corrected chi connectivity index (χ0v) is 41.9. The number of rotatable bonds is 16. The Kier molecular flexibility index (Phi) is 15.8. The van der Waals surface area contributed by atoms with E-state index in [1.807, 2.05) is 59.1 Å². The summed E-state index contributed by atoms with van der Waals surface area (Å²) in [5, 5.41) is 16.2. The first-order valence-corrected chi connectivity index (χ1v) is 25.4. The number of amides is 3. The predicted octanol–water partition coefficient (Wildman–Crippen LogP) is 7.36. The van der Waals surface area contributed by atoms with Gasteiger partial charge in [-0.1, -0.05) is 86.3 Å². The molecule has 73 heavy (non-hydrogen) atoms. The van der Waals surface area contributed by atoms with E-state index in [0.717, 1.165) is 74.3 Å². The van der Waals surface area contributed by atoms with Crippen molar-refractivity contribution in [3.8, 4) is 11.1 Å². The molecule has 16 heteroatoms. The highest BCUT2D eigenvalue weighted by Crippen LogP contribution is 2.30. The molecule has 3 fully saturated rings. The van der Waals surface area contributed by atoms with Gasteiger partial charge in [0.1, 0.15) is 5.82 Å². The number of benzene rings is 3. The molecule has 9 rings (SSSR count). The number of aryl methyl sites for hydroxylation is 1. The molecule has 6 aromatic rings. The number of aromatic amines is 1. The second-order valence-corrected chi connectivity index (χ2v) is 19.5. The molecule has 378 valence electrons. The third kappa shape index (κ3) is 12.2. The minimum absolute atomic E-state index is 0.0230. The number of aromatic nitrogens is 5. The summed E-state index contributed by atoms with van der Waals surface area (Å²) in [6.07, 6.45) is 10.5. The lowest BCUT2D eigenvalue weighted by Crippen LogP contribution is -2.55. The summed E-state index contributed by atoms with van der Waals surface area (Å²) in [5.74, 6) is -0.0417. The lowest BCUT2D eigenvalue weighted by atomic mass is 9.95. The second kappa shape index (κ2) is 22.9. The standard InChI is InChI=1S/C57H64FN11O4/c1-5-39(3)30-40(4)36-69-21-18-52(63-69)60-51-34-45(44-11-9-10-41(6-2)31-44)35-59-54(51)57(73)67-19-16-42(17-20-67)37-64-22-24-65(25-23-64)38-53(70)66-26-28-68(29-27-66)56(72)48-32-43(14-15-49(48)58)33-50-46-12-7-8-13-47(46)55(71)62-61-50/h5,7-15,18,21,30-32,34-35,42H,1,4,6,16-17,19-20,22-29,33,36-38H2,2-3H3,(H,60,63)(H,62,71)/b39-30-. The lowest BCUT2D eigenvalue weighted by Gasteiger charge is -2.40. The number of hydrogen-bond donors (Lipinski definition) is 2. The Morgan fingerprint density at radius 3 is 2.27 bits per heavy atom. The molecular formula is C57H64FN11O4. The highest BCUT2D eigenvalue weighted by molar-refractivity contribution is 5.99. The Hall–Kier alpha value is -7.56. The molecule has 2 N–H and O–H groups in total. The Morgan fingerprint density at radius 2 is 1.52 bits per heavy atom. The van der Waals surface area contributed by atoms with Gasteiger partial charge in [-0.3, -0.25) is 28.8 Å². The first kappa shape index (κ1) is 50.4. The van der Waals surface area contributed by atoms with Gasteiger partial charge in [0, 0.05) is 108 Å². The van der Waals surface area contributed by atoms with Gasteiger partial charge in [-0.2, -0.15) is 10.2 Å². The monoisotopic (exact) mass is 986 g/mol. The topological polar surface area (TPSA) is 156 Å². The number of hydrogen-bond acceptors (Lipinski definition) is 10. The normalized spacial score (nSPS) is 16.2. The van der Waals surface area contributed by atoms with Crippen LogP contribution in [0, 0.1) is 11.7 Å². The summed E-state index contributed by atoms with van der Waals surface area (Å²) < 4.78 is 16.9. The molecule has 0 saturated carbocycles. The van der Waals surface area contributed by atoms with Crippen LogP contribution in [0.3, 0.4) is 0 Å². The van der Waals surface area contributed by atoms with Crippen LogP contribution in [0.2, 0.25) is 0 Å². The van der Waals surface area contributed by atoms with E-state index >= 15 is 4.39 Å². The minimum atomic E-state index is -0.606. The second-order valence-electron chi connectivity index (χ2n) is 19.5. The minimum Gasteiger partial charge on any atom is -0.338 e. The molecule has 0 atom stereocenters. The van der Waals surface area contributed by atoms with Crippen LogP contribution in [-0.4, -0.2) is 146 Å². The third-order valence-electron chi connectivity index (χ3n) is 14.4. The molecule has 0 radical (unpaired) electrons. The maximum atomic E-state index is 15.1. The van der Waals surface area contributed by atoms with Gasteiger partial charge in [0.05, 0.1) is 35.4 Å². The van der Waals surface area contributed by atoms with Crippen LogP contribution in [0.15, 0.2) is 133 Å². The first-order chi connectivity index (χ1) is 35.4. The van der Waals surface area contributed by atoms with Gasteiger partial charge in [0.15, 0.2) is 11.5 Å². The van der Waals surface area contributed by atoms with E-state index in [-0.39, 0.29) is 22.9 Å². The number of likely N-dealkylation sites (tertiary alicyclic amines) is 1. The lowest BCUT2D eigenvalue weighted by molar-refractivity contribution is -0.134. The average molecular weight is 986 g/mol. The molecule has 3 aliphatic rings. The fraction of sp³-hybridized carbons (Fsp3) is 0.351. The van der Waals surface area contributed by atoms with Gasteiger partial charge in [-0.15, -0.1) is 0 Å². The molecule has 0 bridgehead atoms. The number of carbonyl (C=O) groups is 3. The van der Waals surface area contributed by atoms with E-state index in [0.29, 0.717) is 104 Å². The van der Waals surface area contributed by atoms with Crippen LogP contribution >= 0.6 is 0 Å². The maximum absolute atomic E-state index is 15.1. The molecule has 3 aromatic carbocycles. The van der Waals surface area contributed by atoms with Crippen LogP contribution in [0.25, 0.3) is 21.9 Å². The number of fused-ring (bicyclic) bond motifs is 1. The Bertz CT molecular complexity index is 3100. The summed E-state index contributed by atoms with van der Waals surface area (Å²) in [5.41, 5.74) is 7.08. The largest absolute Gasteiger partial charge is 0.338 e. The highest BCUT2D eigenvalue weighted by atomic mass is 19.1. The van der Waals surface area contributed by atoms with Crippen molar-refractivity contribution in [2.75, 3.05) is 83.9 Å². The van der Waals surface area contributed by atoms with Crippen molar-refractivity contribution in [3.63, 3.8) is 0 Å². The summed E-state index contributed by atoms with van der Waals surface area (Å²) in [4.78, 5) is 68.5. The SMILES string of the molecule is C=C/C(C)=C\C(=C)Cn1ccc(Nc2cc(-c3cccc(CC)c3)cnc2C(=O)N2CCC(CN3CCN(CC(=O)N4CCN(C(=O)c5cc(Cc6n[nH]c(=O)c7ccccc67)ccc5F)CC4)CC3)CC2)n1. The molecule has 3 saturated heterocycles. The first-order valence-electron chi connectivity index (χ1n) is 25.4. The fourth-order valence-corrected chi connectivity index (χ4v) is 10.1. The molecule has 0 spiro atoms. The zero-order valence-electron chi connectivity index (χ0n) is 41.9. The maximum Gasteiger partial charge on any atom is 0.274 e. The van der Waals surface area contributed by atoms with Gasteiger partial charge in [-0.25, -0.2) is 14.5 Å². The highest BCUT2D eigenvalue weighted by Gasteiger charge is 2.31. The number of nitrogens with one attached hydrogen (secondary N) is 2. The number of nitrogens with zero attached hydrogens (tertiary/aromatic N) is 9. The quantitative estimate of drug-likeness (QED) is 0.0941. The summed E-state index contributed by atoms with van der Waals surface area (Å²) in [6.45, 7) is 19.8. The molecule has 0 aliphatic carbocycles. The van der Waals surface area contributed by atoms with Gasteiger partial charge < -0.3 is 24.9 Å². The Labute approximate surface area is 425 Å². The Balaban J connectivity index is 0.736. The van der Waals surface area contributed by atoms with Crippen molar-refractivity contribution in [3.05, 3.63) is 172 Å². The van der Waals surface area contributed by atoms with Crippen LogP contribution in [0.5, 0.6) is 0 Å². The van der Waals surface area contributed by atoms with Crippen molar-refractivity contribution >= 4 is 40.0 Å². The van der Waals surface area contributed by atoms with Crippen molar-refractivity contribution in [2.24, 2.45) is 5.92 Å². The molecule has 3 aliphatic heterocycles. The number of allylic oxidation sites excluding steroid dienone is 4. The molecule has 15 nitrogen and oxygen atoms in total. The van der Waals surface area contributed by atoms with E-state index in [1.54, 1.807) is 46.3 Å². The van der Waals surface area contributed by atoms with Crippen molar-refractivity contribution in [2.45, 2.75) is 46.1 Å². The predicted molar refractivity (Wildman–Crippen MR) is 283 cm³/mol. The van der Waals surface area contributed by atoms with Crippen LogP contribution in [0.4, 0.5) is 15.9 Å². The van der Waals surface area contributed by atoms with Gasteiger partial charge in [0.25, 0.3) is 17.4 Å². The molecule has 0 unspecified atom stereocenters. The number of pyridine rings is 1. The number of anilines is 2. The van der Waals surface area contributed by atoms with Crippen molar-refractivity contribution < 1.29 is 18.8 Å².